The topological polar surface area (TPSA) is 75.7 Å². The molecule has 2 aromatic carbocycles. The molecule has 3 rings (SSSR count). The zero-order valence-electron chi connectivity index (χ0n) is 17.7. The van der Waals surface area contributed by atoms with E-state index in [0.717, 1.165) is 34.7 Å². The highest BCUT2D eigenvalue weighted by molar-refractivity contribution is 7.92. The molecule has 9 heteroatoms. The van der Waals surface area contributed by atoms with Crippen molar-refractivity contribution in [2.75, 3.05) is 17.1 Å². The summed E-state index contributed by atoms with van der Waals surface area (Å²) in [6.45, 7) is 3.72. The van der Waals surface area contributed by atoms with Crippen LogP contribution in [0.25, 0.3) is 0 Å². The molecule has 0 aromatic heterocycles. The quantitative estimate of drug-likeness (QED) is 0.602. The van der Waals surface area contributed by atoms with Gasteiger partial charge >= 0.3 is 0 Å². The van der Waals surface area contributed by atoms with E-state index >= 15 is 0 Å². The minimum Gasteiger partial charge on any atom is -0.487 e. The third kappa shape index (κ3) is 5.27. The van der Waals surface area contributed by atoms with Crippen molar-refractivity contribution in [1.82, 2.24) is 5.32 Å². The fraction of sp³-hybridized carbons (Fsp3) is 0.409. The predicted molar refractivity (Wildman–Crippen MR) is 125 cm³/mol. The van der Waals surface area contributed by atoms with Crippen molar-refractivity contribution < 1.29 is 17.9 Å². The Kier molecular flexibility index (Phi) is 7.08. The lowest BCUT2D eigenvalue weighted by atomic mass is 9.83. The van der Waals surface area contributed by atoms with Crippen LogP contribution in [0.1, 0.15) is 44.7 Å². The van der Waals surface area contributed by atoms with E-state index in [2.05, 4.69) is 19.2 Å². The Balaban J connectivity index is 1.87. The monoisotopic (exact) mass is 484 g/mol. The molecule has 0 bridgehead atoms. The van der Waals surface area contributed by atoms with E-state index in [9.17, 15) is 13.2 Å². The number of hydrogen-bond donors (Lipinski definition) is 1. The summed E-state index contributed by atoms with van der Waals surface area (Å²) in [5.41, 5.74) is 0.693. The van der Waals surface area contributed by atoms with Gasteiger partial charge in [0.25, 0.3) is 0 Å². The van der Waals surface area contributed by atoms with E-state index in [4.69, 9.17) is 27.9 Å². The van der Waals surface area contributed by atoms with Crippen molar-refractivity contribution in [3.05, 3.63) is 58.1 Å². The maximum Gasteiger partial charge on any atom is 0.241 e. The van der Waals surface area contributed by atoms with Crippen LogP contribution in [-0.2, 0) is 14.8 Å². The van der Waals surface area contributed by atoms with E-state index in [1.54, 1.807) is 0 Å². The molecule has 1 aliphatic rings. The Morgan fingerprint density at radius 1 is 1.19 bits per heavy atom. The zero-order valence-corrected chi connectivity index (χ0v) is 20.0. The van der Waals surface area contributed by atoms with Gasteiger partial charge in [0.15, 0.2) is 0 Å². The van der Waals surface area contributed by atoms with Crippen LogP contribution in [0, 0.1) is 0 Å². The second-order valence-electron chi connectivity index (χ2n) is 7.72. The van der Waals surface area contributed by atoms with Gasteiger partial charge in [-0.05, 0) is 37.1 Å². The van der Waals surface area contributed by atoms with Gasteiger partial charge in [0.05, 0.1) is 23.0 Å². The summed E-state index contributed by atoms with van der Waals surface area (Å²) in [6.07, 6.45) is 3.22. The molecule has 0 fully saturated rings. The number of benzene rings is 2. The Morgan fingerprint density at radius 2 is 1.87 bits per heavy atom. The molecule has 1 atom stereocenters. The number of sulfonamides is 1. The number of ether oxygens (including phenoxy) is 1. The summed E-state index contributed by atoms with van der Waals surface area (Å²) in [5.74, 6) is 0.308. The molecule has 1 heterocycles. The average Bonchev–Trinajstić information content (AvgIpc) is 2.71. The molecule has 0 saturated heterocycles. The van der Waals surface area contributed by atoms with Crippen molar-refractivity contribution in [3.63, 3.8) is 0 Å². The van der Waals surface area contributed by atoms with Crippen LogP contribution in [0.4, 0.5) is 5.69 Å². The number of hydrogen-bond acceptors (Lipinski definition) is 4. The molecule has 1 N–H and O–H groups in total. The number of rotatable bonds is 7. The summed E-state index contributed by atoms with van der Waals surface area (Å²) in [6, 6.07) is 11.8. The molecule has 0 unspecified atom stereocenters. The summed E-state index contributed by atoms with van der Waals surface area (Å²) in [4.78, 5) is 13.0. The van der Waals surface area contributed by atoms with Crippen LogP contribution in [0.3, 0.4) is 0 Å². The molecular formula is C22H26Cl2N2O4S. The standard InChI is InChI=1S/C22H26Cl2N2O4S/c1-4-22(5-2)13-18(16-8-6-7-9-20(16)30-22)25-21(27)14-26(31(3,28)29)19-11-10-15(23)12-17(19)24/h6-12,18H,4-5,13-14H2,1-3H3,(H,25,27)/t18-/m0/s1. The van der Waals surface area contributed by atoms with Crippen molar-refractivity contribution in [1.29, 1.82) is 0 Å². The lowest BCUT2D eigenvalue weighted by molar-refractivity contribution is -0.121. The van der Waals surface area contributed by atoms with Crippen LogP contribution in [0.15, 0.2) is 42.5 Å². The highest BCUT2D eigenvalue weighted by atomic mass is 35.5. The molecule has 0 saturated carbocycles. The Morgan fingerprint density at radius 3 is 2.48 bits per heavy atom. The van der Waals surface area contributed by atoms with Gasteiger partial charge in [-0.25, -0.2) is 8.42 Å². The molecule has 0 spiro atoms. The summed E-state index contributed by atoms with van der Waals surface area (Å²) >= 11 is 12.1. The van der Waals surface area contributed by atoms with Crippen LogP contribution in [0.5, 0.6) is 5.75 Å². The molecule has 1 aliphatic heterocycles. The summed E-state index contributed by atoms with van der Waals surface area (Å²) in [7, 11) is -3.76. The number of halogens is 2. The molecule has 2 aromatic rings. The Hall–Kier alpha value is -1.96. The summed E-state index contributed by atoms with van der Waals surface area (Å²) < 4.78 is 32.1. The Bertz CT molecular complexity index is 1070. The lowest BCUT2D eigenvalue weighted by Crippen LogP contribution is -2.47. The first-order valence-electron chi connectivity index (χ1n) is 10.1. The van der Waals surface area contributed by atoms with E-state index in [1.165, 1.54) is 18.2 Å². The van der Waals surface area contributed by atoms with Crippen molar-refractivity contribution in [2.24, 2.45) is 0 Å². The fourth-order valence-electron chi connectivity index (χ4n) is 3.87. The second-order valence-corrected chi connectivity index (χ2v) is 10.5. The zero-order chi connectivity index (χ0) is 22.8. The molecule has 0 radical (unpaired) electrons. The maximum atomic E-state index is 13.0. The first kappa shape index (κ1) is 23.7. The van der Waals surface area contributed by atoms with Gasteiger partial charge in [-0.1, -0.05) is 55.2 Å². The predicted octanol–water partition coefficient (Wildman–Crippen LogP) is 4.96. The van der Waals surface area contributed by atoms with Crippen LogP contribution in [-0.4, -0.2) is 32.7 Å². The van der Waals surface area contributed by atoms with E-state index < -0.39 is 22.5 Å². The number of amides is 1. The molecule has 1 amide bonds. The van der Waals surface area contributed by atoms with Gasteiger partial charge in [0, 0.05) is 17.0 Å². The van der Waals surface area contributed by atoms with E-state index in [-0.39, 0.29) is 22.4 Å². The number of nitrogens with zero attached hydrogens (tertiary/aromatic N) is 1. The van der Waals surface area contributed by atoms with Gasteiger partial charge < -0.3 is 10.1 Å². The first-order chi connectivity index (χ1) is 14.6. The van der Waals surface area contributed by atoms with E-state index in [0.29, 0.717) is 11.4 Å². The van der Waals surface area contributed by atoms with E-state index in [1.807, 2.05) is 24.3 Å². The van der Waals surface area contributed by atoms with Crippen molar-refractivity contribution in [2.45, 2.75) is 44.8 Å². The van der Waals surface area contributed by atoms with Gasteiger partial charge in [-0.15, -0.1) is 0 Å². The minimum absolute atomic E-state index is 0.151. The Labute approximate surface area is 193 Å². The van der Waals surface area contributed by atoms with Crippen LogP contribution in [0.2, 0.25) is 10.0 Å². The largest absolute Gasteiger partial charge is 0.487 e. The molecular weight excluding hydrogens is 459 g/mol. The van der Waals surface area contributed by atoms with Gasteiger partial charge in [0.2, 0.25) is 15.9 Å². The number of carbonyl (C=O) groups excluding carboxylic acids is 1. The lowest BCUT2D eigenvalue weighted by Gasteiger charge is -2.41. The van der Waals surface area contributed by atoms with Crippen LogP contribution >= 0.6 is 23.2 Å². The number of fused-ring (bicyclic) bond motifs is 1. The van der Waals surface area contributed by atoms with Gasteiger partial charge in [-0.3, -0.25) is 9.10 Å². The normalized spacial score (nSPS) is 17.4. The third-order valence-electron chi connectivity index (χ3n) is 5.69. The van der Waals surface area contributed by atoms with Gasteiger partial charge in [0.1, 0.15) is 17.9 Å². The molecule has 6 nitrogen and oxygen atoms in total. The number of carbonyl (C=O) groups is 1. The summed E-state index contributed by atoms with van der Waals surface area (Å²) in [5, 5.41) is 3.53. The number of anilines is 1. The molecule has 0 aliphatic carbocycles. The van der Waals surface area contributed by atoms with Crippen LogP contribution < -0.4 is 14.4 Å². The van der Waals surface area contributed by atoms with Crippen molar-refractivity contribution in [3.8, 4) is 5.75 Å². The number of nitrogens with one attached hydrogen (secondary N) is 1. The van der Waals surface area contributed by atoms with Crippen molar-refractivity contribution >= 4 is 44.8 Å². The SMILES string of the molecule is CCC1(CC)C[C@H](NC(=O)CN(c2ccc(Cl)cc2Cl)S(C)(=O)=O)c2ccccc2O1. The number of para-hydroxylation sites is 1. The molecule has 31 heavy (non-hydrogen) atoms. The van der Waals surface area contributed by atoms with Gasteiger partial charge in [-0.2, -0.15) is 0 Å². The second kappa shape index (κ2) is 9.27. The highest BCUT2D eigenvalue weighted by Crippen LogP contribution is 2.42. The fourth-order valence-corrected chi connectivity index (χ4v) is 5.29. The highest BCUT2D eigenvalue weighted by Gasteiger charge is 2.39. The third-order valence-corrected chi connectivity index (χ3v) is 7.35. The molecule has 168 valence electrons. The average molecular weight is 485 g/mol. The minimum atomic E-state index is -3.76. The first-order valence-corrected chi connectivity index (χ1v) is 12.7. The maximum absolute atomic E-state index is 13.0. The smallest absolute Gasteiger partial charge is 0.241 e.